The van der Waals surface area contributed by atoms with E-state index in [1.54, 1.807) is 0 Å². The van der Waals surface area contributed by atoms with Crippen molar-refractivity contribution >= 4 is 23.3 Å². The van der Waals surface area contributed by atoms with Crippen molar-refractivity contribution in [3.8, 4) is 0 Å². The molecule has 1 rings (SSSR count). The largest absolute Gasteiger partial charge is 0.466 e. The summed E-state index contributed by atoms with van der Waals surface area (Å²) < 4.78 is 4.76. The first-order valence-corrected chi connectivity index (χ1v) is 3.05. The Morgan fingerprint density at radius 1 is 1.22 bits per heavy atom. The Hall–Kier alpha value is 0.00247. The zero-order chi connectivity index (χ0) is 5.82. The average Bonchev–Trinajstić information content (AvgIpc) is 1.94. The minimum Gasteiger partial charge on any atom is -0.466 e. The summed E-state index contributed by atoms with van der Waals surface area (Å²) in [5, 5.41) is 0. The number of ether oxygens (including phenoxy) is 1. The molecular weight excluding hydrogens is 131 g/mol. The lowest BCUT2D eigenvalue weighted by Gasteiger charge is -1.93. The van der Waals surface area contributed by atoms with Crippen molar-refractivity contribution in [2.75, 3.05) is 6.61 Å². The molecule has 9 heavy (non-hydrogen) atoms. The molecule has 0 N–H and O–H groups in total. The van der Waals surface area contributed by atoms with Gasteiger partial charge in [0.05, 0.1) is 6.61 Å². The smallest absolute Gasteiger partial charge is 0.305 e. The molecule has 0 atom stereocenters. The van der Waals surface area contributed by atoms with Crippen molar-refractivity contribution in [2.45, 2.75) is 25.7 Å². The molecule has 0 amide bonds. The van der Waals surface area contributed by atoms with Gasteiger partial charge in [-0.15, -0.1) is 0 Å². The van der Waals surface area contributed by atoms with Gasteiger partial charge in [-0.25, -0.2) is 0 Å². The first-order valence-electron chi connectivity index (χ1n) is 3.05. The summed E-state index contributed by atoms with van der Waals surface area (Å²) in [6.07, 6.45) is 3.83. The highest BCUT2D eigenvalue weighted by atomic mass is 27.0. The van der Waals surface area contributed by atoms with Gasteiger partial charge in [0.2, 0.25) is 0 Å². The predicted molar refractivity (Wildman–Crippen MR) is 39.4 cm³/mol. The lowest BCUT2D eigenvalue weighted by atomic mass is 10.2. The summed E-state index contributed by atoms with van der Waals surface area (Å²) in [4.78, 5) is 10.5. The van der Waals surface area contributed by atoms with Gasteiger partial charge in [-0.2, -0.15) is 0 Å². The molecule has 0 bridgehead atoms. The van der Waals surface area contributed by atoms with Crippen LogP contribution in [0.5, 0.6) is 0 Å². The van der Waals surface area contributed by atoms with E-state index in [0.29, 0.717) is 13.0 Å². The van der Waals surface area contributed by atoms with E-state index in [4.69, 9.17) is 4.74 Å². The van der Waals surface area contributed by atoms with Gasteiger partial charge in [-0.05, 0) is 19.3 Å². The van der Waals surface area contributed by atoms with Crippen LogP contribution in [0.1, 0.15) is 25.7 Å². The maximum Gasteiger partial charge on any atom is 0.305 e. The topological polar surface area (TPSA) is 26.3 Å². The van der Waals surface area contributed by atoms with Gasteiger partial charge in [0.15, 0.2) is 17.4 Å². The number of cyclic esters (lactones) is 1. The van der Waals surface area contributed by atoms with Crippen molar-refractivity contribution in [1.82, 2.24) is 0 Å². The van der Waals surface area contributed by atoms with E-state index in [9.17, 15) is 4.79 Å². The third kappa shape index (κ3) is 3.56. The fraction of sp³-hybridized carbons (Fsp3) is 0.833. The molecule has 1 heterocycles. The van der Waals surface area contributed by atoms with Gasteiger partial charge in [-0.1, -0.05) is 0 Å². The highest BCUT2D eigenvalue weighted by molar-refractivity contribution is 5.75. The first kappa shape index (κ1) is 9.00. The molecule has 3 heteroatoms. The van der Waals surface area contributed by atoms with E-state index in [2.05, 4.69) is 0 Å². The maximum absolute atomic E-state index is 10.5. The van der Waals surface area contributed by atoms with Crippen LogP contribution >= 0.6 is 0 Å². The van der Waals surface area contributed by atoms with Crippen molar-refractivity contribution in [1.29, 1.82) is 0 Å². The predicted octanol–water partition coefficient (Wildman–Crippen LogP) is -0.0803. The molecule has 0 aromatic heterocycles. The third-order valence-electron chi connectivity index (χ3n) is 1.29. The van der Waals surface area contributed by atoms with Gasteiger partial charge in [0, 0.05) is 6.42 Å². The van der Waals surface area contributed by atoms with Gasteiger partial charge in [0.1, 0.15) is 0 Å². The molecule has 1 aliphatic heterocycles. The highest BCUT2D eigenvalue weighted by Gasteiger charge is 2.05. The summed E-state index contributed by atoms with van der Waals surface area (Å²) in [5.41, 5.74) is 0. The van der Waals surface area contributed by atoms with Crippen molar-refractivity contribution in [3.05, 3.63) is 0 Å². The molecule has 1 aliphatic rings. The zero-order valence-electron chi connectivity index (χ0n) is 4.85. The van der Waals surface area contributed by atoms with Crippen LogP contribution in [-0.2, 0) is 9.53 Å². The standard InChI is InChI=1S/C6H10O2.Al.3H/c7-6-4-2-1-3-5-8-6;;;;/h1-5H2;;;;. The molecule has 0 aliphatic carbocycles. The fourth-order valence-electron chi connectivity index (χ4n) is 0.806. The van der Waals surface area contributed by atoms with E-state index in [1.807, 2.05) is 0 Å². The molecule has 0 aromatic carbocycles. The molecular formula is C6H13AlO2. The van der Waals surface area contributed by atoms with Crippen LogP contribution in [0.2, 0.25) is 0 Å². The Labute approximate surface area is 65.7 Å². The fourth-order valence-corrected chi connectivity index (χ4v) is 0.806. The number of rotatable bonds is 0. The average molecular weight is 144 g/mol. The van der Waals surface area contributed by atoms with E-state index < -0.39 is 0 Å². The van der Waals surface area contributed by atoms with Crippen LogP contribution < -0.4 is 0 Å². The third-order valence-corrected chi connectivity index (χ3v) is 1.29. The van der Waals surface area contributed by atoms with Crippen LogP contribution in [0.3, 0.4) is 0 Å². The second kappa shape index (κ2) is 4.84. The summed E-state index contributed by atoms with van der Waals surface area (Å²) >= 11 is 0. The van der Waals surface area contributed by atoms with Crippen molar-refractivity contribution in [3.63, 3.8) is 0 Å². The molecule has 0 spiro atoms. The molecule has 1 saturated heterocycles. The Bertz CT molecular complexity index is 83.1. The van der Waals surface area contributed by atoms with Crippen LogP contribution in [0, 0.1) is 0 Å². The molecule has 0 unspecified atom stereocenters. The first-order chi connectivity index (χ1) is 3.89. The summed E-state index contributed by atoms with van der Waals surface area (Å²) in [6.45, 7) is 0.638. The highest BCUT2D eigenvalue weighted by Crippen LogP contribution is 2.06. The van der Waals surface area contributed by atoms with E-state index in [0.717, 1.165) is 19.3 Å². The number of carbonyl (C=O) groups is 1. The van der Waals surface area contributed by atoms with E-state index in [1.165, 1.54) is 0 Å². The summed E-state index contributed by atoms with van der Waals surface area (Å²) in [6, 6.07) is 0. The minimum absolute atomic E-state index is 0. The Kier molecular flexibility index (Phi) is 4.84. The second-order valence-corrected chi connectivity index (χ2v) is 2.03. The summed E-state index contributed by atoms with van der Waals surface area (Å²) in [7, 11) is 0. The lowest BCUT2D eigenvalue weighted by Crippen LogP contribution is -2.00. The number of hydrogen-bond acceptors (Lipinski definition) is 2. The van der Waals surface area contributed by atoms with Gasteiger partial charge >= 0.3 is 5.97 Å². The molecule has 0 saturated carbocycles. The van der Waals surface area contributed by atoms with E-state index in [-0.39, 0.29) is 23.3 Å². The molecule has 1 fully saturated rings. The van der Waals surface area contributed by atoms with Gasteiger partial charge < -0.3 is 4.74 Å². The molecule has 52 valence electrons. The number of esters is 1. The Morgan fingerprint density at radius 3 is 2.78 bits per heavy atom. The van der Waals surface area contributed by atoms with Crippen molar-refractivity contribution in [2.24, 2.45) is 0 Å². The molecule has 0 aromatic rings. The van der Waals surface area contributed by atoms with Crippen LogP contribution in [0.4, 0.5) is 0 Å². The number of hydrogen-bond donors (Lipinski definition) is 0. The second-order valence-electron chi connectivity index (χ2n) is 2.03. The van der Waals surface area contributed by atoms with E-state index >= 15 is 0 Å². The molecule has 2 nitrogen and oxygen atoms in total. The number of carbonyl (C=O) groups excluding carboxylic acids is 1. The molecule has 0 radical (unpaired) electrons. The lowest BCUT2D eigenvalue weighted by molar-refractivity contribution is -0.142. The van der Waals surface area contributed by atoms with Crippen LogP contribution in [0.15, 0.2) is 0 Å². The zero-order valence-corrected chi connectivity index (χ0v) is 4.85. The van der Waals surface area contributed by atoms with Crippen LogP contribution in [-0.4, -0.2) is 29.9 Å². The Morgan fingerprint density at radius 2 is 2.00 bits per heavy atom. The van der Waals surface area contributed by atoms with Crippen LogP contribution in [0.25, 0.3) is 0 Å². The SMILES string of the molecule is O=C1CCCCCO1.[AlH3]. The minimum atomic E-state index is -0.0255. The van der Waals surface area contributed by atoms with Gasteiger partial charge in [0.25, 0.3) is 0 Å². The van der Waals surface area contributed by atoms with Crippen molar-refractivity contribution < 1.29 is 9.53 Å². The van der Waals surface area contributed by atoms with Gasteiger partial charge in [-0.3, -0.25) is 4.79 Å². The maximum atomic E-state index is 10.5. The quantitative estimate of drug-likeness (QED) is 0.351. The normalized spacial score (nSPS) is 19.3. The summed E-state index contributed by atoms with van der Waals surface area (Å²) in [5.74, 6) is -0.0255. The Balaban J connectivity index is 0.000000640. The monoisotopic (exact) mass is 144 g/mol.